The van der Waals surface area contributed by atoms with Crippen LogP contribution in [0.3, 0.4) is 0 Å². The molecule has 0 bridgehead atoms. The van der Waals surface area contributed by atoms with Crippen molar-refractivity contribution in [3.8, 4) is 11.5 Å². The summed E-state index contributed by atoms with van der Waals surface area (Å²) in [6.45, 7) is 1.11. The molecule has 2 fully saturated rings. The first kappa shape index (κ1) is 24.3. The number of hydrogen-bond acceptors (Lipinski definition) is 6. The number of nitrogens with zero attached hydrogens (tertiary/aromatic N) is 2. The summed E-state index contributed by atoms with van der Waals surface area (Å²) in [5, 5.41) is 3.10. The number of amides is 2. The number of ether oxygens (including phenoxy) is 2. The fraction of sp³-hybridized carbons (Fsp3) is 0.636. The molecule has 0 aromatic heterocycles. The molecule has 0 unspecified atom stereocenters. The van der Waals surface area contributed by atoms with Gasteiger partial charge >= 0.3 is 0 Å². The average Bonchev–Trinajstić information content (AvgIpc) is 3.01. The first-order valence-electron chi connectivity index (χ1n) is 10.9. The molecule has 0 spiro atoms. The van der Waals surface area contributed by atoms with Crippen LogP contribution in [0.1, 0.15) is 45.4 Å². The lowest BCUT2D eigenvalue weighted by Gasteiger charge is -2.47. The van der Waals surface area contributed by atoms with Gasteiger partial charge in [0, 0.05) is 18.7 Å². The summed E-state index contributed by atoms with van der Waals surface area (Å²) in [5.41, 5.74) is -1.06. The van der Waals surface area contributed by atoms with Crippen LogP contribution in [0.4, 0.5) is 5.69 Å². The van der Waals surface area contributed by atoms with Crippen molar-refractivity contribution in [2.24, 2.45) is 0 Å². The molecule has 9 nitrogen and oxygen atoms in total. The zero-order valence-corrected chi connectivity index (χ0v) is 20.0. The summed E-state index contributed by atoms with van der Waals surface area (Å²) in [6, 6.07) is 4.97. The normalized spacial score (nSPS) is 23.5. The largest absolute Gasteiger partial charge is 0.497 e. The van der Waals surface area contributed by atoms with Crippen molar-refractivity contribution in [1.82, 2.24) is 9.62 Å². The van der Waals surface area contributed by atoms with Gasteiger partial charge in [0.25, 0.3) is 0 Å². The van der Waals surface area contributed by atoms with Gasteiger partial charge in [-0.2, -0.15) is 4.31 Å². The SMILES string of the molecule is COc1ccc(N2C(=O)CN(S(C)(=O)=O)C[C@]2(C)C(=O)NC2CCCCCC2)c(OC)c1. The molecule has 1 saturated heterocycles. The molecule has 1 N–H and O–H groups in total. The van der Waals surface area contributed by atoms with Crippen LogP contribution in [0.15, 0.2) is 18.2 Å². The number of anilines is 1. The fourth-order valence-corrected chi connectivity index (χ4v) is 5.34. The van der Waals surface area contributed by atoms with E-state index >= 15 is 0 Å². The second kappa shape index (κ2) is 9.66. The third kappa shape index (κ3) is 5.01. The van der Waals surface area contributed by atoms with Crippen LogP contribution in [0.5, 0.6) is 11.5 Å². The number of carbonyl (C=O) groups excluding carboxylic acids is 2. The second-order valence-electron chi connectivity index (χ2n) is 8.73. The lowest BCUT2D eigenvalue weighted by atomic mass is 9.93. The highest BCUT2D eigenvalue weighted by Crippen LogP contribution is 2.38. The van der Waals surface area contributed by atoms with E-state index in [1.54, 1.807) is 25.1 Å². The Morgan fingerprint density at radius 3 is 2.34 bits per heavy atom. The van der Waals surface area contributed by atoms with Crippen LogP contribution in [-0.2, 0) is 19.6 Å². The molecule has 1 heterocycles. The van der Waals surface area contributed by atoms with E-state index in [9.17, 15) is 18.0 Å². The smallest absolute Gasteiger partial charge is 0.247 e. The number of hydrogen-bond donors (Lipinski definition) is 1. The maximum Gasteiger partial charge on any atom is 0.247 e. The topological polar surface area (TPSA) is 105 Å². The number of piperazine rings is 1. The lowest BCUT2D eigenvalue weighted by molar-refractivity contribution is -0.133. The van der Waals surface area contributed by atoms with E-state index in [1.807, 2.05) is 0 Å². The number of sulfonamides is 1. The van der Waals surface area contributed by atoms with Crippen molar-refractivity contribution in [3.05, 3.63) is 18.2 Å². The highest BCUT2D eigenvalue weighted by molar-refractivity contribution is 7.88. The Labute approximate surface area is 190 Å². The molecule has 10 heteroatoms. The minimum atomic E-state index is -3.68. The molecule has 1 aromatic carbocycles. The van der Waals surface area contributed by atoms with Crippen molar-refractivity contribution >= 4 is 27.5 Å². The molecule has 1 aromatic rings. The van der Waals surface area contributed by atoms with Crippen molar-refractivity contribution in [3.63, 3.8) is 0 Å². The lowest BCUT2D eigenvalue weighted by Crippen LogP contribution is -2.70. The quantitative estimate of drug-likeness (QED) is 0.641. The molecule has 0 radical (unpaired) electrons. The first-order chi connectivity index (χ1) is 15.1. The van der Waals surface area contributed by atoms with Gasteiger partial charge in [0.15, 0.2) is 0 Å². The standard InChI is InChI=1S/C22H33N3O6S/c1-22(21(27)23-16-9-7-5-6-8-10-16)15-24(32(4,28)29)14-20(26)25(22)18-12-11-17(30-2)13-19(18)31-3/h11-13,16H,5-10,14-15H2,1-4H3,(H,23,27)/t22-/m1/s1. The predicted octanol–water partition coefficient (Wildman–Crippen LogP) is 1.91. The number of rotatable bonds is 6. The first-order valence-corrected chi connectivity index (χ1v) is 12.8. The Morgan fingerprint density at radius 2 is 1.78 bits per heavy atom. The van der Waals surface area contributed by atoms with Crippen LogP contribution in [0.2, 0.25) is 0 Å². The molecule has 1 atom stereocenters. The summed E-state index contributed by atoms with van der Waals surface area (Å²) >= 11 is 0. The van der Waals surface area contributed by atoms with Crippen LogP contribution in [0, 0.1) is 0 Å². The molecular formula is C22H33N3O6S. The Kier molecular flexibility index (Phi) is 7.34. The third-order valence-electron chi connectivity index (χ3n) is 6.32. The van der Waals surface area contributed by atoms with Gasteiger partial charge in [-0.25, -0.2) is 8.42 Å². The highest BCUT2D eigenvalue weighted by Gasteiger charge is 2.51. The van der Waals surface area contributed by atoms with Gasteiger partial charge in [0.05, 0.1) is 32.7 Å². The van der Waals surface area contributed by atoms with E-state index in [-0.39, 0.29) is 25.0 Å². The molecule has 178 valence electrons. The molecule has 1 aliphatic carbocycles. The van der Waals surface area contributed by atoms with Crippen LogP contribution < -0.4 is 19.7 Å². The average molecular weight is 468 g/mol. The van der Waals surface area contributed by atoms with Crippen molar-refractivity contribution in [2.45, 2.75) is 57.0 Å². The van der Waals surface area contributed by atoms with Gasteiger partial charge in [-0.1, -0.05) is 25.7 Å². The van der Waals surface area contributed by atoms with E-state index in [2.05, 4.69) is 5.32 Å². The monoisotopic (exact) mass is 467 g/mol. The number of carbonyl (C=O) groups is 2. The minimum absolute atomic E-state index is 0.00477. The number of benzene rings is 1. The van der Waals surface area contributed by atoms with Crippen LogP contribution >= 0.6 is 0 Å². The van der Waals surface area contributed by atoms with Gasteiger partial charge in [-0.15, -0.1) is 0 Å². The number of nitrogens with one attached hydrogen (secondary N) is 1. The van der Waals surface area contributed by atoms with E-state index in [0.29, 0.717) is 17.2 Å². The molecule has 2 amide bonds. The Balaban J connectivity index is 2.03. The minimum Gasteiger partial charge on any atom is -0.497 e. The van der Waals surface area contributed by atoms with Gasteiger partial charge < -0.3 is 14.8 Å². The van der Waals surface area contributed by atoms with E-state index in [4.69, 9.17) is 9.47 Å². The van der Waals surface area contributed by atoms with Crippen molar-refractivity contribution < 1.29 is 27.5 Å². The third-order valence-corrected chi connectivity index (χ3v) is 7.51. The summed E-state index contributed by atoms with van der Waals surface area (Å²) < 4.78 is 36.4. The maximum absolute atomic E-state index is 13.6. The molecule has 3 rings (SSSR count). The molecular weight excluding hydrogens is 434 g/mol. The van der Waals surface area contributed by atoms with E-state index in [1.165, 1.54) is 19.1 Å². The molecule has 1 saturated carbocycles. The predicted molar refractivity (Wildman–Crippen MR) is 121 cm³/mol. The summed E-state index contributed by atoms with van der Waals surface area (Å²) in [4.78, 5) is 28.3. The van der Waals surface area contributed by atoms with Crippen LogP contribution in [0.25, 0.3) is 0 Å². The second-order valence-corrected chi connectivity index (χ2v) is 10.7. The van der Waals surface area contributed by atoms with Gasteiger partial charge in [-0.3, -0.25) is 14.5 Å². The zero-order chi connectivity index (χ0) is 23.5. The van der Waals surface area contributed by atoms with Gasteiger partial charge in [0.1, 0.15) is 17.0 Å². The summed E-state index contributed by atoms with van der Waals surface area (Å²) in [6.07, 6.45) is 7.14. The van der Waals surface area contributed by atoms with Crippen molar-refractivity contribution in [2.75, 3.05) is 38.5 Å². The van der Waals surface area contributed by atoms with E-state index < -0.39 is 21.5 Å². The van der Waals surface area contributed by atoms with Crippen molar-refractivity contribution in [1.29, 1.82) is 0 Å². The fourth-order valence-electron chi connectivity index (χ4n) is 4.51. The Morgan fingerprint density at radius 1 is 1.12 bits per heavy atom. The van der Waals surface area contributed by atoms with Crippen LogP contribution in [-0.4, -0.2) is 69.7 Å². The Bertz CT molecular complexity index is 958. The number of methoxy groups -OCH3 is 2. The zero-order valence-electron chi connectivity index (χ0n) is 19.2. The van der Waals surface area contributed by atoms with Gasteiger partial charge in [0.2, 0.25) is 21.8 Å². The molecule has 32 heavy (non-hydrogen) atoms. The van der Waals surface area contributed by atoms with E-state index in [0.717, 1.165) is 49.1 Å². The summed E-state index contributed by atoms with van der Waals surface area (Å²) in [5.74, 6) is 0.0315. The Hall–Kier alpha value is -2.33. The highest BCUT2D eigenvalue weighted by atomic mass is 32.2. The summed E-state index contributed by atoms with van der Waals surface area (Å²) in [7, 11) is -0.686. The molecule has 1 aliphatic heterocycles. The molecule has 2 aliphatic rings. The van der Waals surface area contributed by atoms with Gasteiger partial charge in [-0.05, 0) is 31.9 Å². The maximum atomic E-state index is 13.6.